The van der Waals surface area contributed by atoms with Gasteiger partial charge in [-0.3, -0.25) is 4.68 Å². The van der Waals surface area contributed by atoms with Gasteiger partial charge in [0, 0.05) is 6.20 Å². The molecule has 3 heteroatoms. The van der Waals surface area contributed by atoms with Crippen LogP contribution in [0.15, 0.2) is 42.7 Å². The molecular weight excluding hydrogens is 222 g/mol. The maximum absolute atomic E-state index is 4.46. The standard InChI is InChI=1S/C15H21N3/c1-4-14(18-11-12(2)10-17-18)15(16-3)13-8-6-5-7-9-13/h5-11,14-16H,4H2,1-3H3. The maximum Gasteiger partial charge on any atom is 0.0711 e. The van der Waals surface area contributed by atoms with Crippen molar-refractivity contribution in [2.45, 2.75) is 32.4 Å². The molecule has 0 spiro atoms. The molecule has 18 heavy (non-hydrogen) atoms. The van der Waals surface area contributed by atoms with E-state index in [4.69, 9.17) is 0 Å². The summed E-state index contributed by atoms with van der Waals surface area (Å²) >= 11 is 0. The summed E-state index contributed by atoms with van der Waals surface area (Å²) < 4.78 is 2.07. The summed E-state index contributed by atoms with van der Waals surface area (Å²) in [4.78, 5) is 0. The molecule has 2 unspecified atom stereocenters. The summed E-state index contributed by atoms with van der Waals surface area (Å²) in [6.07, 6.45) is 5.07. The highest BCUT2D eigenvalue weighted by Crippen LogP contribution is 2.28. The fraction of sp³-hybridized carbons (Fsp3) is 0.400. The second-order valence-electron chi connectivity index (χ2n) is 4.65. The number of nitrogens with zero attached hydrogens (tertiary/aromatic N) is 2. The minimum Gasteiger partial charge on any atom is -0.311 e. The smallest absolute Gasteiger partial charge is 0.0711 e. The molecule has 0 bridgehead atoms. The lowest BCUT2D eigenvalue weighted by atomic mass is 9.97. The Balaban J connectivity index is 2.30. The summed E-state index contributed by atoms with van der Waals surface area (Å²) in [7, 11) is 2.01. The summed E-state index contributed by atoms with van der Waals surface area (Å²) in [5.74, 6) is 0. The predicted octanol–water partition coefficient (Wildman–Crippen LogP) is 3.10. The van der Waals surface area contributed by atoms with E-state index >= 15 is 0 Å². The van der Waals surface area contributed by atoms with E-state index in [1.807, 2.05) is 13.2 Å². The average Bonchev–Trinajstić information content (AvgIpc) is 2.83. The molecule has 2 aromatic rings. The zero-order valence-electron chi connectivity index (χ0n) is 11.3. The third kappa shape index (κ3) is 2.62. The van der Waals surface area contributed by atoms with E-state index in [1.165, 1.54) is 11.1 Å². The average molecular weight is 243 g/mol. The normalized spacial score (nSPS) is 14.4. The maximum atomic E-state index is 4.46. The molecule has 1 aromatic heterocycles. The van der Waals surface area contributed by atoms with Gasteiger partial charge in [-0.15, -0.1) is 0 Å². The third-order valence-electron chi connectivity index (χ3n) is 3.34. The topological polar surface area (TPSA) is 29.9 Å². The van der Waals surface area contributed by atoms with Crippen molar-refractivity contribution in [2.24, 2.45) is 0 Å². The lowest BCUT2D eigenvalue weighted by molar-refractivity contribution is 0.336. The SMILES string of the molecule is CCC(C(NC)c1ccccc1)n1cc(C)cn1. The van der Waals surface area contributed by atoms with Gasteiger partial charge in [0.25, 0.3) is 0 Å². The number of likely N-dealkylation sites (N-methyl/N-ethyl adjacent to an activating group) is 1. The van der Waals surface area contributed by atoms with Crippen LogP contribution in [0, 0.1) is 6.92 Å². The summed E-state index contributed by atoms with van der Waals surface area (Å²) in [5.41, 5.74) is 2.51. The molecule has 0 radical (unpaired) electrons. The number of rotatable bonds is 5. The first-order chi connectivity index (χ1) is 8.76. The Kier molecular flexibility index (Phi) is 4.15. The predicted molar refractivity (Wildman–Crippen MR) is 74.5 cm³/mol. The molecular formula is C15H21N3. The van der Waals surface area contributed by atoms with Crippen LogP contribution < -0.4 is 5.32 Å². The van der Waals surface area contributed by atoms with Crippen LogP contribution in [0.5, 0.6) is 0 Å². The van der Waals surface area contributed by atoms with Gasteiger partial charge in [0.2, 0.25) is 0 Å². The zero-order chi connectivity index (χ0) is 13.0. The lowest BCUT2D eigenvalue weighted by Crippen LogP contribution is -2.27. The van der Waals surface area contributed by atoms with Crippen LogP contribution in [0.4, 0.5) is 0 Å². The molecule has 0 amide bonds. The van der Waals surface area contributed by atoms with Crippen LogP contribution in [0.25, 0.3) is 0 Å². The number of hydrogen-bond donors (Lipinski definition) is 1. The molecule has 0 fully saturated rings. The Labute approximate surface area is 109 Å². The van der Waals surface area contributed by atoms with Crippen LogP contribution in [0.1, 0.15) is 36.6 Å². The molecule has 0 aliphatic carbocycles. The van der Waals surface area contributed by atoms with E-state index in [2.05, 4.69) is 65.5 Å². The monoisotopic (exact) mass is 243 g/mol. The Morgan fingerprint density at radius 1 is 1.28 bits per heavy atom. The van der Waals surface area contributed by atoms with Gasteiger partial charge >= 0.3 is 0 Å². The van der Waals surface area contributed by atoms with Gasteiger partial charge in [-0.05, 0) is 31.5 Å². The number of aryl methyl sites for hydroxylation is 1. The van der Waals surface area contributed by atoms with E-state index in [9.17, 15) is 0 Å². The highest BCUT2D eigenvalue weighted by atomic mass is 15.3. The molecule has 2 atom stereocenters. The van der Waals surface area contributed by atoms with Crippen molar-refractivity contribution in [1.82, 2.24) is 15.1 Å². The number of benzene rings is 1. The van der Waals surface area contributed by atoms with Gasteiger partial charge in [0.05, 0.1) is 18.3 Å². The Morgan fingerprint density at radius 2 is 2.00 bits per heavy atom. The molecule has 3 nitrogen and oxygen atoms in total. The quantitative estimate of drug-likeness (QED) is 0.874. The lowest BCUT2D eigenvalue weighted by Gasteiger charge is -2.26. The Hall–Kier alpha value is -1.61. The van der Waals surface area contributed by atoms with Crippen LogP contribution in [-0.2, 0) is 0 Å². The van der Waals surface area contributed by atoms with E-state index in [1.54, 1.807) is 0 Å². The van der Waals surface area contributed by atoms with E-state index < -0.39 is 0 Å². The van der Waals surface area contributed by atoms with Gasteiger partial charge in [0.15, 0.2) is 0 Å². The molecule has 1 heterocycles. The minimum atomic E-state index is 0.288. The Morgan fingerprint density at radius 3 is 2.50 bits per heavy atom. The zero-order valence-corrected chi connectivity index (χ0v) is 11.3. The molecule has 0 aliphatic heterocycles. The second kappa shape index (κ2) is 5.83. The Bertz CT molecular complexity index is 475. The molecule has 1 N–H and O–H groups in total. The van der Waals surface area contributed by atoms with Crippen LogP contribution in [0.3, 0.4) is 0 Å². The van der Waals surface area contributed by atoms with Gasteiger partial charge in [-0.25, -0.2) is 0 Å². The highest BCUT2D eigenvalue weighted by molar-refractivity contribution is 5.20. The van der Waals surface area contributed by atoms with Crippen LogP contribution in [-0.4, -0.2) is 16.8 Å². The number of nitrogens with one attached hydrogen (secondary N) is 1. The fourth-order valence-electron chi connectivity index (χ4n) is 2.43. The van der Waals surface area contributed by atoms with Crippen molar-refractivity contribution in [3.63, 3.8) is 0 Å². The minimum absolute atomic E-state index is 0.288. The number of hydrogen-bond acceptors (Lipinski definition) is 2. The second-order valence-corrected chi connectivity index (χ2v) is 4.65. The van der Waals surface area contributed by atoms with E-state index in [-0.39, 0.29) is 6.04 Å². The first kappa shape index (κ1) is 12.8. The van der Waals surface area contributed by atoms with Gasteiger partial charge in [-0.2, -0.15) is 5.10 Å². The van der Waals surface area contributed by atoms with Crippen LogP contribution in [0.2, 0.25) is 0 Å². The number of aromatic nitrogens is 2. The van der Waals surface area contributed by atoms with E-state index in [0.29, 0.717) is 6.04 Å². The molecule has 0 aliphatic rings. The fourth-order valence-corrected chi connectivity index (χ4v) is 2.43. The van der Waals surface area contributed by atoms with Crippen molar-refractivity contribution in [1.29, 1.82) is 0 Å². The summed E-state index contributed by atoms with van der Waals surface area (Å²) in [6.45, 7) is 4.28. The summed E-state index contributed by atoms with van der Waals surface area (Å²) in [5, 5.41) is 7.87. The molecule has 0 saturated heterocycles. The van der Waals surface area contributed by atoms with Gasteiger partial charge in [-0.1, -0.05) is 37.3 Å². The third-order valence-corrected chi connectivity index (χ3v) is 3.34. The highest BCUT2D eigenvalue weighted by Gasteiger charge is 2.22. The van der Waals surface area contributed by atoms with Crippen molar-refractivity contribution in [2.75, 3.05) is 7.05 Å². The van der Waals surface area contributed by atoms with Gasteiger partial charge in [0.1, 0.15) is 0 Å². The van der Waals surface area contributed by atoms with Crippen molar-refractivity contribution in [3.05, 3.63) is 53.9 Å². The first-order valence-electron chi connectivity index (χ1n) is 6.49. The van der Waals surface area contributed by atoms with E-state index in [0.717, 1.165) is 6.42 Å². The van der Waals surface area contributed by atoms with Crippen molar-refractivity contribution >= 4 is 0 Å². The van der Waals surface area contributed by atoms with Gasteiger partial charge < -0.3 is 5.32 Å². The first-order valence-corrected chi connectivity index (χ1v) is 6.49. The molecule has 1 aromatic carbocycles. The van der Waals surface area contributed by atoms with Crippen molar-refractivity contribution < 1.29 is 0 Å². The largest absolute Gasteiger partial charge is 0.311 e. The molecule has 0 saturated carbocycles. The summed E-state index contributed by atoms with van der Waals surface area (Å²) in [6, 6.07) is 11.2. The molecule has 2 rings (SSSR count). The van der Waals surface area contributed by atoms with Crippen molar-refractivity contribution in [3.8, 4) is 0 Å². The van der Waals surface area contributed by atoms with Crippen LogP contribution >= 0.6 is 0 Å². The molecule has 96 valence electrons.